The van der Waals surface area contributed by atoms with Gasteiger partial charge >= 0.3 is 0 Å². The van der Waals surface area contributed by atoms with Crippen LogP contribution in [0.2, 0.25) is 0 Å². The molecule has 0 N–H and O–H groups in total. The summed E-state index contributed by atoms with van der Waals surface area (Å²) in [5.41, 5.74) is 5.51. The molecule has 3 aromatic carbocycles. The highest BCUT2D eigenvalue weighted by Gasteiger charge is 2.25. The van der Waals surface area contributed by atoms with Crippen LogP contribution in [0.4, 0.5) is 8.78 Å². The molecule has 1 aromatic heterocycles. The predicted molar refractivity (Wildman–Crippen MR) is 176 cm³/mol. The molecule has 4 aromatic rings. The van der Waals surface area contributed by atoms with Crippen molar-refractivity contribution < 1.29 is 13.6 Å². The van der Waals surface area contributed by atoms with Gasteiger partial charge in [-0.1, -0.05) is 92.3 Å². The third-order valence-electron chi connectivity index (χ3n) is 8.51. The molecule has 0 saturated heterocycles. The number of hydrogen-bond acceptors (Lipinski definition) is 5. The lowest BCUT2D eigenvalue weighted by Gasteiger charge is -2.28. The second-order valence-corrected chi connectivity index (χ2v) is 12.3. The van der Waals surface area contributed by atoms with E-state index in [9.17, 15) is 18.4 Å². The van der Waals surface area contributed by atoms with Gasteiger partial charge in [-0.15, -0.1) is 0 Å². The number of carbonyl (C=O) groups excluding carboxylic acids is 1. The first-order valence-electron chi connectivity index (χ1n) is 15.6. The van der Waals surface area contributed by atoms with E-state index in [1.807, 2.05) is 45.9 Å². The summed E-state index contributed by atoms with van der Waals surface area (Å²) in [5.74, 6) is -0.0532. The maximum Gasteiger partial charge on any atom is 0.277 e. The van der Waals surface area contributed by atoms with Crippen molar-refractivity contribution in [2.75, 3.05) is 26.2 Å². The quantitative estimate of drug-likeness (QED) is 0.115. The molecule has 45 heavy (non-hydrogen) atoms. The number of nitrogens with zero attached hydrogens (tertiary/aromatic N) is 4. The molecule has 0 spiro atoms. The second-order valence-electron chi connectivity index (χ2n) is 11.3. The lowest BCUT2D eigenvalue weighted by molar-refractivity contribution is -0.132. The highest BCUT2D eigenvalue weighted by molar-refractivity contribution is 7.98. The van der Waals surface area contributed by atoms with Crippen LogP contribution < -0.4 is 5.56 Å². The van der Waals surface area contributed by atoms with Crippen LogP contribution >= 0.6 is 11.8 Å². The Morgan fingerprint density at radius 2 is 1.58 bits per heavy atom. The Kier molecular flexibility index (Phi) is 11.2. The second kappa shape index (κ2) is 15.5. The lowest BCUT2D eigenvalue weighted by Crippen LogP contribution is -2.40. The Labute approximate surface area is 268 Å². The van der Waals surface area contributed by atoms with Gasteiger partial charge in [-0.05, 0) is 66.2 Å². The van der Waals surface area contributed by atoms with Crippen LogP contribution in [0.15, 0.2) is 82.7 Å². The molecule has 5 rings (SSSR count). The maximum absolute atomic E-state index is 14.4. The zero-order chi connectivity index (χ0) is 31.8. The monoisotopic (exact) mass is 630 g/mol. The van der Waals surface area contributed by atoms with Gasteiger partial charge in [0.15, 0.2) is 5.16 Å². The van der Waals surface area contributed by atoms with Crippen LogP contribution in [-0.4, -0.2) is 51.4 Å². The number of fused-ring (bicyclic) bond motifs is 1. The van der Waals surface area contributed by atoms with Gasteiger partial charge in [0, 0.05) is 36.6 Å². The van der Waals surface area contributed by atoms with Crippen molar-refractivity contribution in [3.63, 3.8) is 0 Å². The van der Waals surface area contributed by atoms with Crippen molar-refractivity contribution in [3.8, 4) is 11.1 Å². The number of hydrogen-bond donors (Lipinski definition) is 0. The Balaban J connectivity index is 1.39. The van der Waals surface area contributed by atoms with Crippen molar-refractivity contribution in [1.82, 2.24) is 19.4 Å². The molecule has 1 aliphatic rings. The molecule has 1 aliphatic carbocycles. The summed E-state index contributed by atoms with van der Waals surface area (Å²) in [6.45, 7) is 7.33. The fourth-order valence-corrected chi connectivity index (χ4v) is 6.75. The Hall–Kier alpha value is -3.82. The van der Waals surface area contributed by atoms with Crippen LogP contribution in [0.3, 0.4) is 0 Å². The van der Waals surface area contributed by atoms with Gasteiger partial charge in [0.1, 0.15) is 19.0 Å². The molecule has 0 atom stereocenters. The molecular formula is C36H40F2N4O2S. The minimum Gasteiger partial charge on any atom is -0.336 e. The molecule has 0 radical (unpaired) electrons. The smallest absolute Gasteiger partial charge is 0.277 e. The standard InChI is InChI=1S/C36H40F2N4O2S/c1-3-40(4-2)20-21-41(23-27-14-18-29(19-15-27)28-16-12-26(22-37)13-17-28)34(43)24-42-33-11-7-9-31(33)35(44)39-36(42)45-25-30-8-5-6-10-32(30)38/h5-6,8,10,12-19H,3-4,7,9,11,20-25H2,1-2H3. The normalized spacial score (nSPS) is 12.5. The summed E-state index contributed by atoms with van der Waals surface area (Å²) in [6.07, 6.45) is 2.21. The molecule has 0 unspecified atom stereocenters. The molecule has 0 fully saturated rings. The minimum atomic E-state index is -0.486. The number of rotatable bonds is 14. The zero-order valence-electron chi connectivity index (χ0n) is 26.0. The summed E-state index contributed by atoms with van der Waals surface area (Å²) in [4.78, 5) is 35.6. The third kappa shape index (κ3) is 8.07. The predicted octanol–water partition coefficient (Wildman–Crippen LogP) is 6.67. The van der Waals surface area contributed by atoms with E-state index >= 15 is 0 Å². The highest BCUT2D eigenvalue weighted by Crippen LogP contribution is 2.28. The van der Waals surface area contributed by atoms with Crippen LogP contribution in [0.1, 0.15) is 48.2 Å². The van der Waals surface area contributed by atoms with E-state index in [1.165, 1.54) is 17.8 Å². The first kappa shape index (κ1) is 32.6. The number of thioether (sulfide) groups is 1. The number of likely N-dealkylation sites (N-methyl/N-ethyl adjacent to an activating group) is 1. The minimum absolute atomic E-state index is 0.0552. The number of halogens is 2. The van der Waals surface area contributed by atoms with Crippen LogP contribution in [0.5, 0.6) is 0 Å². The van der Waals surface area contributed by atoms with E-state index in [-0.39, 0.29) is 23.8 Å². The van der Waals surface area contributed by atoms with Gasteiger partial charge in [0.25, 0.3) is 5.56 Å². The van der Waals surface area contributed by atoms with E-state index in [2.05, 4.69) is 23.7 Å². The molecule has 6 nitrogen and oxygen atoms in total. The van der Waals surface area contributed by atoms with Gasteiger partial charge in [-0.2, -0.15) is 4.98 Å². The van der Waals surface area contributed by atoms with Gasteiger partial charge < -0.3 is 14.4 Å². The molecule has 0 saturated carbocycles. The van der Waals surface area contributed by atoms with E-state index in [0.717, 1.165) is 48.4 Å². The molecule has 1 amide bonds. The van der Waals surface area contributed by atoms with E-state index in [1.54, 1.807) is 30.3 Å². The van der Waals surface area contributed by atoms with Gasteiger partial charge in [0.2, 0.25) is 5.91 Å². The third-order valence-corrected chi connectivity index (χ3v) is 9.54. The molecule has 9 heteroatoms. The fourth-order valence-electron chi connectivity index (χ4n) is 5.76. The maximum atomic E-state index is 14.4. The van der Waals surface area contributed by atoms with Crippen molar-refractivity contribution in [2.24, 2.45) is 0 Å². The number of aromatic nitrogens is 2. The fraction of sp³-hybridized carbons (Fsp3) is 0.361. The van der Waals surface area contributed by atoms with E-state index in [0.29, 0.717) is 53.5 Å². The first-order valence-corrected chi connectivity index (χ1v) is 16.6. The van der Waals surface area contributed by atoms with Crippen molar-refractivity contribution >= 4 is 17.7 Å². The van der Waals surface area contributed by atoms with Gasteiger partial charge in [0.05, 0.1) is 0 Å². The molecular weight excluding hydrogens is 590 g/mol. The van der Waals surface area contributed by atoms with E-state index < -0.39 is 6.67 Å². The summed E-state index contributed by atoms with van der Waals surface area (Å²) < 4.78 is 29.2. The van der Waals surface area contributed by atoms with Crippen LogP contribution in [0.25, 0.3) is 11.1 Å². The van der Waals surface area contributed by atoms with Crippen LogP contribution in [-0.2, 0) is 43.2 Å². The average molecular weight is 631 g/mol. The number of carbonyl (C=O) groups is 1. The van der Waals surface area contributed by atoms with Crippen molar-refractivity contribution in [1.29, 1.82) is 0 Å². The SMILES string of the molecule is CCN(CC)CCN(Cc1ccc(-c2ccc(CF)cc2)cc1)C(=O)Cn1c(SCc2ccccc2F)nc(=O)c2c1CCC2. The molecule has 1 heterocycles. The zero-order valence-corrected chi connectivity index (χ0v) is 26.8. The Bertz CT molecular complexity index is 1650. The Morgan fingerprint density at radius 3 is 2.22 bits per heavy atom. The summed E-state index contributed by atoms with van der Waals surface area (Å²) in [5, 5.41) is 0.448. The van der Waals surface area contributed by atoms with Crippen LogP contribution in [0, 0.1) is 5.82 Å². The molecule has 0 bridgehead atoms. The number of amides is 1. The Morgan fingerprint density at radius 1 is 0.911 bits per heavy atom. The summed E-state index contributed by atoms with van der Waals surface area (Å²) in [6, 6.07) is 22.1. The number of benzene rings is 3. The van der Waals surface area contributed by atoms with Crippen molar-refractivity contribution in [3.05, 3.63) is 117 Å². The first-order chi connectivity index (χ1) is 21.9. The van der Waals surface area contributed by atoms with Gasteiger partial charge in [-0.25, -0.2) is 8.78 Å². The molecule has 236 valence electrons. The molecule has 0 aliphatic heterocycles. The largest absolute Gasteiger partial charge is 0.336 e. The summed E-state index contributed by atoms with van der Waals surface area (Å²) in [7, 11) is 0. The summed E-state index contributed by atoms with van der Waals surface area (Å²) >= 11 is 1.29. The topological polar surface area (TPSA) is 58.4 Å². The van der Waals surface area contributed by atoms with E-state index in [4.69, 9.17) is 0 Å². The highest BCUT2D eigenvalue weighted by atomic mass is 32.2. The number of alkyl halides is 1. The van der Waals surface area contributed by atoms with Gasteiger partial charge in [-0.3, -0.25) is 9.59 Å². The lowest BCUT2D eigenvalue weighted by atomic mass is 10.0. The van der Waals surface area contributed by atoms with Crippen molar-refractivity contribution in [2.45, 2.75) is 63.8 Å². The average Bonchev–Trinajstić information content (AvgIpc) is 3.57.